The van der Waals surface area contributed by atoms with E-state index < -0.39 is 5.97 Å². The van der Waals surface area contributed by atoms with Crippen molar-refractivity contribution < 1.29 is 14.7 Å². The number of pyridine rings is 1. The number of carbonyl (C=O) groups excluding carboxylic acids is 1. The predicted octanol–water partition coefficient (Wildman–Crippen LogP) is 3.77. The van der Waals surface area contributed by atoms with Crippen LogP contribution in [0.15, 0.2) is 12.3 Å². The Morgan fingerprint density at radius 2 is 2.17 bits per heavy atom. The van der Waals surface area contributed by atoms with Gasteiger partial charge in [-0.1, -0.05) is 0 Å². The fourth-order valence-corrected chi connectivity index (χ4v) is 4.73. The largest absolute Gasteiger partial charge is 0.481 e. The van der Waals surface area contributed by atoms with Crippen LogP contribution in [0.3, 0.4) is 0 Å². The molecule has 0 saturated carbocycles. The summed E-state index contributed by atoms with van der Waals surface area (Å²) in [5.74, 6) is -0.768. The summed E-state index contributed by atoms with van der Waals surface area (Å²) in [6.45, 7) is 4.73. The van der Waals surface area contributed by atoms with E-state index in [1.54, 1.807) is 6.20 Å². The highest BCUT2D eigenvalue weighted by Gasteiger charge is 2.30. The molecule has 24 heavy (non-hydrogen) atoms. The van der Waals surface area contributed by atoms with Gasteiger partial charge in [-0.05, 0) is 56.7 Å². The third-order valence-corrected chi connectivity index (χ3v) is 6.00. The monoisotopic (exact) mass is 346 g/mol. The molecule has 3 rings (SSSR count). The lowest BCUT2D eigenvalue weighted by atomic mass is 9.97. The second kappa shape index (κ2) is 6.89. The maximum absolute atomic E-state index is 13.1. The van der Waals surface area contributed by atoms with Crippen LogP contribution in [0.1, 0.15) is 52.9 Å². The number of aryl methyl sites for hydroxylation is 2. The molecule has 128 valence electrons. The van der Waals surface area contributed by atoms with Crippen molar-refractivity contribution in [2.45, 2.75) is 52.0 Å². The zero-order valence-corrected chi connectivity index (χ0v) is 14.9. The summed E-state index contributed by atoms with van der Waals surface area (Å²) < 4.78 is 0. The fourth-order valence-electron chi connectivity index (χ4n) is 3.55. The first-order valence-electron chi connectivity index (χ1n) is 8.36. The molecule has 0 aromatic carbocycles. The van der Waals surface area contributed by atoms with E-state index in [9.17, 15) is 9.59 Å². The highest BCUT2D eigenvalue weighted by molar-refractivity contribution is 7.20. The summed E-state index contributed by atoms with van der Waals surface area (Å²) in [6, 6.07) is 1.99. The standard InChI is InChI=1S/C18H22N2O3S/c1-11-8-9-19-17-15(11)12(2)16(24-17)18(23)20-10-4-3-5-13(20)6-7-14(21)22/h8-9,13H,3-7,10H2,1-2H3,(H,21,22). The molecule has 1 saturated heterocycles. The van der Waals surface area contributed by atoms with Crippen LogP contribution >= 0.6 is 11.3 Å². The number of aromatic nitrogens is 1. The summed E-state index contributed by atoms with van der Waals surface area (Å²) in [6.07, 6.45) is 5.35. The van der Waals surface area contributed by atoms with Gasteiger partial charge in [0.05, 0.1) is 4.88 Å². The lowest BCUT2D eigenvalue weighted by Crippen LogP contribution is -2.43. The number of carboxylic acids is 1. The topological polar surface area (TPSA) is 70.5 Å². The number of carbonyl (C=O) groups is 2. The van der Waals surface area contributed by atoms with Gasteiger partial charge in [-0.3, -0.25) is 9.59 Å². The van der Waals surface area contributed by atoms with Crippen molar-refractivity contribution in [3.8, 4) is 0 Å². The average Bonchev–Trinajstić information content (AvgIpc) is 2.91. The van der Waals surface area contributed by atoms with Gasteiger partial charge in [0.25, 0.3) is 5.91 Å². The summed E-state index contributed by atoms with van der Waals surface area (Å²) >= 11 is 1.45. The van der Waals surface area contributed by atoms with Gasteiger partial charge in [0.15, 0.2) is 0 Å². The van der Waals surface area contributed by atoms with Crippen LogP contribution in [0.25, 0.3) is 10.2 Å². The van der Waals surface area contributed by atoms with Gasteiger partial charge in [0.2, 0.25) is 0 Å². The summed E-state index contributed by atoms with van der Waals surface area (Å²) in [5.41, 5.74) is 2.13. The van der Waals surface area contributed by atoms with Crippen molar-refractivity contribution in [3.05, 3.63) is 28.3 Å². The van der Waals surface area contributed by atoms with E-state index in [0.29, 0.717) is 13.0 Å². The Bertz CT molecular complexity index is 784. The van der Waals surface area contributed by atoms with Gasteiger partial charge in [0.1, 0.15) is 4.83 Å². The van der Waals surface area contributed by atoms with Gasteiger partial charge in [-0.15, -0.1) is 11.3 Å². The molecule has 1 atom stereocenters. The van der Waals surface area contributed by atoms with Crippen molar-refractivity contribution >= 4 is 33.4 Å². The first-order chi connectivity index (χ1) is 11.5. The van der Waals surface area contributed by atoms with Gasteiger partial charge < -0.3 is 10.0 Å². The molecule has 0 spiro atoms. The quantitative estimate of drug-likeness (QED) is 0.915. The van der Waals surface area contributed by atoms with Crippen LogP contribution in [-0.4, -0.2) is 39.5 Å². The van der Waals surface area contributed by atoms with Crippen molar-refractivity contribution in [3.63, 3.8) is 0 Å². The molecule has 1 amide bonds. The van der Waals surface area contributed by atoms with Gasteiger partial charge in [-0.25, -0.2) is 4.98 Å². The number of amides is 1. The molecule has 2 aromatic rings. The zero-order valence-electron chi connectivity index (χ0n) is 14.0. The normalized spacial score (nSPS) is 18.1. The number of thiophene rings is 1. The van der Waals surface area contributed by atoms with E-state index in [1.165, 1.54) is 11.3 Å². The number of rotatable bonds is 4. The third kappa shape index (κ3) is 3.15. The molecule has 1 aliphatic heterocycles. The van der Waals surface area contributed by atoms with Gasteiger partial charge in [0, 0.05) is 30.6 Å². The molecule has 6 heteroatoms. The number of likely N-dealkylation sites (tertiary alicyclic amines) is 1. The Kier molecular flexibility index (Phi) is 4.85. The summed E-state index contributed by atoms with van der Waals surface area (Å²) in [7, 11) is 0. The summed E-state index contributed by atoms with van der Waals surface area (Å²) in [4.78, 5) is 31.9. The highest BCUT2D eigenvalue weighted by atomic mass is 32.1. The van der Waals surface area contributed by atoms with E-state index >= 15 is 0 Å². The molecular weight excluding hydrogens is 324 g/mol. The minimum Gasteiger partial charge on any atom is -0.481 e. The highest BCUT2D eigenvalue weighted by Crippen LogP contribution is 2.34. The average molecular weight is 346 g/mol. The van der Waals surface area contributed by atoms with Crippen LogP contribution < -0.4 is 0 Å². The molecule has 1 unspecified atom stereocenters. The van der Waals surface area contributed by atoms with Crippen molar-refractivity contribution in [1.29, 1.82) is 0 Å². The Balaban J connectivity index is 1.90. The molecule has 1 aliphatic rings. The van der Waals surface area contributed by atoms with E-state index in [2.05, 4.69) is 4.98 Å². The SMILES string of the molecule is Cc1ccnc2sc(C(=O)N3CCCCC3CCC(=O)O)c(C)c12. The zero-order chi connectivity index (χ0) is 17.3. The molecule has 0 aliphatic carbocycles. The van der Waals surface area contributed by atoms with Gasteiger partial charge >= 0.3 is 5.97 Å². The van der Waals surface area contributed by atoms with Crippen molar-refractivity contribution in [2.24, 2.45) is 0 Å². The summed E-state index contributed by atoms with van der Waals surface area (Å²) in [5, 5.41) is 10.0. The number of nitrogens with zero attached hydrogens (tertiary/aromatic N) is 2. The molecule has 5 nitrogen and oxygen atoms in total. The van der Waals surface area contributed by atoms with E-state index in [1.807, 2.05) is 24.8 Å². The second-order valence-corrected chi connectivity index (χ2v) is 7.44. The number of piperidine rings is 1. The molecular formula is C18H22N2O3S. The molecule has 1 N–H and O–H groups in total. The molecule has 1 fully saturated rings. The molecule has 2 aromatic heterocycles. The molecule has 0 bridgehead atoms. The van der Waals surface area contributed by atoms with Crippen LogP contribution in [0.4, 0.5) is 0 Å². The minimum atomic E-state index is -0.800. The first-order valence-corrected chi connectivity index (χ1v) is 9.18. The Morgan fingerprint density at radius 1 is 1.38 bits per heavy atom. The van der Waals surface area contributed by atoms with Crippen molar-refractivity contribution in [2.75, 3.05) is 6.54 Å². The second-order valence-electron chi connectivity index (χ2n) is 6.44. The maximum atomic E-state index is 13.1. The van der Waals surface area contributed by atoms with E-state index in [0.717, 1.165) is 45.5 Å². The Hall–Kier alpha value is -1.95. The maximum Gasteiger partial charge on any atom is 0.303 e. The number of hydrogen-bond acceptors (Lipinski definition) is 4. The lowest BCUT2D eigenvalue weighted by molar-refractivity contribution is -0.137. The van der Waals surface area contributed by atoms with Crippen LogP contribution in [0.5, 0.6) is 0 Å². The number of carboxylic acid groups (broad SMARTS) is 1. The Morgan fingerprint density at radius 3 is 2.88 bits per heavy atom. The minimum absolute atomic E-state index is 0.0287. The Labute approximate surface area is 145 Å². The third-order valence-electron chi connectivity index (χ3n) is 4.81. The van der Waals surface area contributed by atoms with E-state index in [4.69, 9.17) is 5.11 Å². The number of aliphatic carboxylic acids is 1. The van der Waals surface area contributed by atoms with E-state index in [-0.39, 0.29) is 18.4 Å². The van der Waals surface area contributed by atoms with Crippen LogP contribution in [0.2, 0.25) is 0 Å². The number of fused-ring (bicyclic) bond motifs is 1. The van der Waals surface area contributed by atoms with Crippen LogP contribution in [0, 0.1) is 13.8 Å². The smallest absolute Gasteiger partial charge is 0.303 e. The van der Waals surface area contributed by atoms with Crippen molar-refractivity contribution in [1.82, 2.24) is 9.88 Å². The predicted molar refractivity (Wildman–Crippen MR) is 94.6 cm³/mol. The molecule has 3 heterocycles. The van der Waals surface area contributed by atoms with Gasteiger partial charge in [-0.2, -0.15) is 0 Å². The number of hydrogen-bond donors (Lipinski definition) is 1. The first kappa shape index (κ1) is 16.9. The fraction of sp³-hybridized carbons (Fsp3) is 0.500. The van der Waals surface area contributed by atoms with Crippen LogP contribution in [-0.2, 0) is 4.79 Å². The molecule has 0 radical (unpaired) electrons. The lowest BCUT2D eigenvalue weighted by Gasteiger charge is -2.35.